The number of hydrogen-bond donors (Lipinski definition) is 0. The normalized spacial score (nSPS) is 16.1. The van der Waals surface area contributed by atoms with Crippen molar-refractivity contribution in [1.82, 2.24) is 0 Å². The quantitative estimate of drug-likeness (QED) is 0.750. The highest BCUT2D eigenvalue weighted by Gasteiger charge is 2.29. The summed E-state index contributed by atoms with van der Waals surface area (Å²) in [6.45, 7) is 5.36. The predicted octanol–water partition coefficient (Wildman–Crippen LogP) is 2.28. The monoisotopic (exact) mass is 296 g/mol. The Morgan fingerprint density at radius 1 is 1.33 bits per heavy atom. The van der Waals surface area contributed by atoms with Crippen LogP contribution in [0.5, 0.6) is 17.2 Å². The van der Waals surface area contributed by atoms with Gasteiger partial charge in [-0.25, -0.2) is 0 Å². The van der Waals surface area contributed by atoms with Gasteiger partial charge in [-0.3, -0.25) is 4.79 Å². The fraction of sp³-hybridized carbons (Fsp3) is 0.533. The molecule has 2 rings (SSSR count). The summed E-state index contributed by atoms with van der Waals surface area (Å²) in [4.78, 5) is 11.4. The standard InChI is InChI=1S/C15H20O6/c1-5-18-15-20-12-7-10(8-13(16)17-4)6-11(14(12)21-15)19-9(2)3/h6-7,9,15H,5,8H2,1-4H3. The van der Waals surface area contributed by atoms with Crippen LogP contribution >= 0.6 is 0 Å². The highest BCUT2D eigenvalue weighted by atomic mass is 16.9. The fourth-order valence-electron chi connectivity index (χ4n) is 1.95. The smallest absolute Gasteiger partial charge is 0.361 e. The molecule has 0 N–H and O–H groups in total. The van der Waals surface area contributed by atoms with Crippen LogP contribution in [0.4, 0.5) is 0 Å². The number of carbonyl (C=O) groups is 1. The first kappa shape index (κ1) is 15.4. The maximum absolute atomic E-state index is 11.4. The van der Waals surface area contributed by atoms with Crippen LogP contribution in [0, 0.1) is 0 Å². The minimum Gasteiger partial charge on any atom is -0.487 e. The Hall–Kier alpha value is -1.95. The summed E-state index contributed by atoms with van der Waals surface area (Å²) in [7, 11) is 1.35. The van der Waals surface area contributed by atoms with E-state index in [0.29, 0.717) is 23.9 Å². The molecular formula is C15H20O6. The Balaban J connectivity index is 2.28. The van der Waals surface area contributed by atoms with Gasteiger partial charge in [-0.05, 0) is 38.5 Å². The number of ether oxygens (including phenoxy) is 5. The first-order chi connectivity index (χ1) is 10.0. The van der Waals surface area contributed by atoms with Gasteiger partial charge in [-0.2, -0.15) is 0 Å². The third kappa shape index (κ3) is 3.78. The summed E-state index contributed by atoms with van der Waals surface area (Å²) in [6, 6.07) is 3.49. The largest absolute Gasteiger partial charge is 0.487 e. The molecule has 1 aliphatic heterocycles. The third-order valence-electron chi connectivity index (χ3n) is 2.76. The average Bonchev–Trinajstić information content (AvgIpc) is 2.81. The zero-order valence-electron chi connectivity index (χ0n) is 12.7. The average molecular weight is 296 g/mol. The van der Waals surface area contributed by atoms with Crippen molar-refractivity contribution < 1.29 is 28.5 Å². The molecule has 0 fully saturated rings. The van der Waals surface area contributed by atoms with Gasteiger partial charge in [-0.15, -0.1) is 0 Å². The lowest BCUT2D eigenvalue weighted by Gasteiger charge is -2.13. The first-order valence-corrected chi connectivity index (χ1v) is 6.88. The van der Waals surface area contributed by atoms with E-state index in [-0.39, 0.29) is 18.5 Å². The van der Waals surface area contributed by atoms with Crippen LogP contribution < -0.4 is 14.2 Å². The first-order valence-electron chi connectivity index (χ1n) is 6.88. The number of esters is 1. The van der Waals surface area contributed by atoms with Gasteiger partial charge in [0.15, 0.2) is 11.5 Å². The maximum Gasteiger partial charge on any atom is 0.361 e. The minimum absolute atomic E-state index is 0.0304. The van der Waals surface area contributed by atoms with Crippen LogP contribution in [0.1, 0.15) is 26.3 Å². The van der Waals surface area contributed by atoms with E-state index < -0.39 is 6.48 Å². The second-order valence-electron chi connectivity index (χ2n) is 4.82. The fourth-order valence-corrected chi connectivity index (χ4v) is 1.95. The molecule has 1 aliphatic rings. The van der Waals surface area contributed by atoms with Crippen molar-refractivity contribution >= 4 is 5.97 Å². The molecule has 0 amide bonds. The van der Waals surface area contributed by atoms with Crippen molar-refractivity contribution in [2.24, 2.45) is 0 Å². The number of carbonyl (C=O) groups excluding carboxylic acids is 1. The van der Waals surface area contributed by atoms with E-state index in [0.717, 1.165) is 5.56 Å². The molecule has 0 saturated heterocycles. The summed E-state index contributed by atoms with van der Waals surface area (Å²) in [5.41, 5.74) is 0.733. The van der Waals surface area contributed by atoms with E-state index in [4.69, 9.17) is 18.9 Å². The number of benzene rings is 1. The number of hydrogen-bond acceptors (Lipinski definition) is 6. The Morgan fingerprint density at radius 2 is 2.10 bits per heavy atom. The van der Waals surface area contributed by atoms with Crippen LogP contribution in [0.15, 0.2) is 12.1 Å². The van der Waals surface area contributed by atoms with Gasteiger partial charge in [0.2, 0.25) is 5.75 Å². The van der Waals surface area contributed by atoms with E-state index in [1.807, 2.05) is 20.8 Å². The molecule has 21 heavy (non-hydrogen) atoms. The molecule has 6 nitrogen and oxygen atoms in total. The van der Waals surface area contributed by atoms with Gasteiger partial charge in [-0.1, -0.05) is 0 Å². The van der Waals surface area contributed by atoms with Gasteiger partial charge in [0.1, 0.15) is 0 Å². The number of fused-ring (bicyclic) bond motifs is 1. The van der Waals surface area contributed by atoms with Crippen LogP contribution in [0.2, 0.25) is 0 Å². The van der Waals surface area contributed by atoms with Crippen LogP contribution in [-0.2, 0) is 20.7 Å². The molecule has 0 bridgehead atoms. The Kier molecular flexibility index (Phi) is 4.90. The van der Waals surface area contributed by atoms with Crippen LogP contribution in [0.25, 0.3) is 0 Å². The topological polar surface area (TPSA) is 63.2 Å². The lowest BCUT2D eigenvalue weighted by molar-refractivity contribution is -0.173. The molecule has 1 aromatic rings. The van der Waals surface area contributed by atoms with Gasteiger partial charge >= 0.3 is 12.4 Å². The molecule has 0 aliphatic carbocycles. The van der Waals surface area contributed by atoms with Crippen molar-refractivity contribution in [2.45, 2.75) is 39.8 Å². The lowest BCUT2D eigenvalue weighted by atomic mass is 10.1. The zero-order valence-corrected chi connectivity index (χ0v) is 12.7. The summed E-state index contributed by atoms with van der Waals surface area (Å²) in [6.07, 6.45) is 0.109. The second-order valence-corrected chi connectivity index (χ2v) is 4.82. The molecular weight excluding hydrogens is 276 g/mol. The van der Waals surface area contributed by atoms with Crippen LogP contribution in [0.3, 0.4) is 0 Å². The Labute approximate surface area is 123 Å². The Morgan fingerprint density at radius 3 is 2.71 bits per heavy atom. The van der Waals surface area contributed by atoms with Crippen molar-refractivity contribution in [2.75, 3.05) is 13.7 Å². The molecule has 0 radical (unpaired) electrons. The molecule has 116 valence electrons. The predicted molar refractivity (Wildman–Crippen MR) is 74.6 cm³/mol. The highest BCUT2D eigenvalue weighted by molar-refractivity contribution is 5.73. The molecule has 0 spiro atoms. The van der Waals surface area contributed by atoms with Gasteiger partial charge in [0.05, 0.1) is 26.2 Å². The number of methoxy groups -OCH3 is 1. The number of rotatable bonds is 6. The van der Waals surface area contributed by atoms with E-state index in [1.165, 1.54) is 7.11 Å². The van der Waals surface area contributed by atoms with Gasteiger partial charge < -0.3 is 23.7 Å². The maximum atomic E-state index is 11.4. The van der Waals surface area contributed by atoms with Crippen molar-refractivity contribution in [3.05, 3.63) is 17.7 Å². The summed E-state index contributed by atoms with van der Waals surface area (Å²) >= 11 is 0. The second kappa shape index (κ2) is 6.67. The molecule has 1 heterocycles. The van der Waals surface area contributed by atoms with E-state index in [9.17, 15) is 4.79 Å². The minimum atomic E-state index is -0.784. The van der Waals surface area contributed by atoms with Crippen molar-refractivity contribution in [3.8, 4) is 17.2 Å². The molecule has 1 unspecified atom stereocenters. The molecule has 1 aromatic carbocycles. The molecule has 0 saturated carbocycles. The van der Waals surface area contributed by atoms with Gasteiger partial charge in [0, 0.05) is 0 Å². The molecule has 1 atom stereocenters. The molecule has 0 aromatic heterocycles. The molecule has 6 heteroatoms. The SMILES string of the molecule is CCOC1Oc2cc(CC(=O)OC)cc(OC(C)C)c2O1. The van der Waals surface area contributed by atoms with Crippen LogP contribution in [-0.4, -0.2) is 32.3 Å². The van der Waals surface area contributed by atoms with Gasteiger partial charge in [0.25, 0.3) is 0 Å². The lowest BCUT2D eigenvalue weighted by Crippen LogP contribution is -2.21. The summed E-state index contributed by atoms with van der Waals surface area (Å²) < 4.78 is 26.8. The van der Waals surface area contributed by atoms with Crippen molar-refractivity contribution in [3.63, 3.8) is 0 Å². The summed E-state index contributed by atoms with van der Waals surface area (Å²) in [5.74, 6) is 1.20. The van der Waals surface area contributed by atoms with Crippen molar-refractivity contribution in [1.29, 1.82) is 0 Å². The highest BCUT2D eigenvalue weighted by Crippen LogP contribution is 2.44. The summed E-state index contributed by atoms with van der Waals surface area (Å²) in [5, 5.41) is 0. The zero-order chi connectivity index (χ0) is 15.4. The third-order valence-corrected chi connectivity index (χ3v) is 2.76. The van der Waals surface area contributed by atoms with E-state index >= 15 is 0 Å². The Bertz CT molecular complexity index is 511. The van der Waals surface area contributed by atoms with E-state index in [2.05, 4.69) is 4.74 Å². The van der Waals surface area contributed by atoms with E-state index in [1.54, 1.807) is 12.1 Å².